The molecule has 0 aliphatic carbocycles. The van der Waals surface area contributed by atoms with Crippen LogP contribution in [0.25, 0.3) is 6.08 Å². The Morgan fingerprint density at radius 1 is 1.18 bits per heavy atom. The Hall–Kier alpha value is -3.23. The van der Waals surface area contributed by atoms with Gasteiger partial charge >= 0.3 is 5.97 Å². The van der Waals surface area contributed by atoms with Crippen LogP contribution in [0.4, 0.5) is 5.69 Å². The van der Waals surface area contributed by atoms with Crippen molar-refractivity contribution in [2.75, 3.05) is 38.2 Å². The third-order valence-electron chi connectivity index (χ3n) is 4.61. The number of halogens is 1. The normalized spacial score (nSPS) is 14.8. The zero-order valence-electron chi connectivity index (χ0n) is 17.4. The highest BCUT2D eigenvalue weighted by molar-refractivity contribution is 7.89. The molecular weight excluding hydrogens is 470 g/mol. The predicted octanol–water partition coefficient (Wildman–Crippen LogP) is 2.45. The molecule has 3 rings (SSSR count). The quantitative estimate of drug-likeness (QED) is 0.359. The molecule has 172 valence electrons. The van der Waals surface area contributed by atoms with Gasteiger partial charge in [-0.25, -0.2) is 13.2 Å². The molecule has 1 amide bonds. The summed E-state index contributed by atoms with van der Waals surface area (Å²) in [6.45, 7) is 0.348. The average Bonchev–Trinajstić information content (AvgIpc) is 2.83. The Morgan fingerprint density at radius 2 is 1.88 bits per heavy atom. The number of morpholine rings is 1. The Bertz CT molecular complexity index is 1200. The standard InChI is InChI=1S/C22H20ClN3O6S/c23-19-7-6-18(33(29,30)26-8-10-31-11-9-26)13-20(19)25-21(27)15-32-22(28)17(14-24)12-16-4-2-1-3-5-16/h1-7,12-13H,8-11,15H2,(H,25,27)/b17-12+. The number of anilines is 1. The third kappa shape index (κ3) is 6.40. The van der Waals surface area contributed by atoms with Crippen molar-refractivity contribution in [2.24, 2.45) is 0 Å². The highest BCUT2D eigenvalue weighted by Crippen LogP contribution is 2.27. The molecule has 33 heavy (non-hydrogen) atoms. The molecule has 0 aromatic heterocycles. The summed E-state index contributed by atoms with van der Waals surface area (Å²) in [6.07, 6.45) is 1.34. The Kier molecular flexibility index (Phi) is 8.19. The molecule has 1 N–H and O–H groups in total. The third-order valence-corrected chi connectivity index (χ3v) is 6.83. The molecule has 1 aliphatic rings. The van der Waals surface area contributed by atoms with Crippen LogP contribution in [0.1, 0.15) is 5.56 Å². The summed E-state index contributed by atoms with van der Waals surface area (Å²) in [4.78, 5) is 24.4. The number of hydrogen-bond donors (Lipinski definition) is 1. The number of nitrogens with zero attached hydrogens (tertiary/aromatic N) is 2. The molecule has 0 radical (unpaired) electrons. The minimum absolute atomic E-state index is 0.0429. The first-order chi connectivity index (χ1) is 15.8. The first kappa shape index (κ1) is 24.4. The van der Waals surface area contributed by atoms with Gasteiger partial charge in [0.1, 0.15) is 11.6 Å². The summed E-state index contributed by atoms with van der Waals surface area (Å²) in [7, 11) is -3.79. The number of hydrogen-bond acceptors (Lipinski definition) is 7. The maximum Gasteiger partial charge on any atom is 0.349 e. The number of sulfonamides is 1. The van der Waals surface area contributed by atoms with Crippen molar-refractivity contribution in [1.29, 1.82) is 5.26 Å². The molecule has 11 heteroatoms. The minimum atomic E-state index is -3.79. The SMILES string of the molecule is N#C/C(=C\c1ccccc1)C(=O)OCC(=O)Nc1cc(S(=O)(=O)N2CCOCC2)ccc1Cl. The van der Waals surface area contributed by atoms with Gasteiger partial charge in [-0.1, -0.05) is 41.9 Å². The Labute approximate surface area is 196 Å². The van der Waals surface area contributed by atoms with Crippen LogP contribution in [-0.4, -0.2) is 57.5 Å². The summed E-state index contributed by atoms with van der Waals surface area (Å²) in [5, 5.41) is 11.7. The number of nitrogens with one attached hydrogen (secondary N) is 1. The maximum absolute atomic E-state index is 12.8. The molecule has 9 nitrogen and oxygen atoms in total. The van der Waals surface area contributed by atoms with Gasteiger partial charge in [-0.2, -0.15) is 9.57 Å². The fourth-order valence-electron chi connectivity index (χ4n) is 2.94. The zero-order chi connectivity index (χ0) is 23.8. The van der Waals surface area contributed by atoms with Gasteiger partial charge in [-0.3, -0.25) is 4.79 Å². The summed E-state index contributed by atoms with van der Waals surface area (Å²) < 4.78 is 37.0. The van der Waals surface area contributed by atoms with Gasteiger partial charge in [0.25, 0.3) is 5.91 Å². The van der Waals surface area contributed by atoms with Crippen molar-refractivity contribution in [3.05, 3.63) is 64.7 Å². The Morgan fingerprint density at radius 3 is 2.55 bits per heavy atom. The van der Waals surface area contributed by atoms with Crippen molar-refractivity contribution in [3.8, 4) is 6.07 Å². The van der Waals surface area contributed by atoms with Crippen LogP contribution >= 0.6 is 11.6 Å². The minimum Gasteiger partial charge on any atom is -0.451 e. The van der Waals surface area contributed by atoms with Crippen LogP contribution in [0.2, 0.25) is 5.02 Å². The fourth-order valence-corrected chi connectivity index (χ4v) is 4.54. The number of carbonyl (C=O) groups excluding carboxylic acids is 2. The van der Waals surface area contributed by atoms with Gasteiger partial charge in [-0.05, 0) is 29.8 Å². The lowest BCUT2D eigenvalue weighted by molar-refractivity contribution is -0.142. The Balaban J connectivity index is 1.65. The second-order valence-electron chi connectivity index (χ2n) is 6.86. The van der Waals surface area contributed by atoms with E-state index < -0.39 is 28.5 Å². The van der Waals surface area contributed by atoms with Crippen molar-refractivity contribution in [1.82, 2.24) is 4.31 Å². The van der Waals surface area contributed by atoms with Gasteiger partial charge < -0.3 is 14.8 Å². The van der Waals surface area contributed by atoms with Crippen LogP contribution in [0.5, 0.6) is 0 Å². The number of esters is 1. The zero-order valence-corrected chi connectivity index (χ0v) is 18.9. The molecule has 0 bridgehead atoms. The van der Waals surface area contributed by atoms with E-state index in [1.807, 2.05) is 0 Å². The summed E-state index contributed by atoms with van der Waals surface area (Å²) in [5.74, 6) is -1.71. The van der Waals surface area contributed by atoms with Gasteiger partial charge in [0, 0.05) is 13.1 Å². The van der Waals surface area contributed by atoms with E-state index in [9.17, 15) is 23.3 Å². The van der Waals surface area contributed by atoms with E-state index in [-0.39, 0.29) is 34.3 Å². The maximum atomic E-state index is 12.8. The van der Waals surface area contributed by atoms with E-state index in [1.54, 1.807) is 36.4 Å². The largest absolute Gasteiger partial charge is 0.451 e. The fraction of sp³-hybridized carbons (Fsp3) is 0.227. The molecule has 2 aromatic rings. The number of nitriles is 1. The van der Waals surface area contributed by atoms with Crippen LogP contribution in [0.15, 0.2) is 59.0 Å². The second-order valence-corrected chi connectivity index (χ2v) is 9.21. The smallest absolute Gasteiger partial charge is 0.349 e. The monoisotopic (exact) mass is 489 g/mol. The van der Waals surface area contributed by atoms with Gasteiger partial charge in [0.2, 0.25) is 10.0 Å². The second kappa shape index (κ2) is 11.1. The van der Waals surface area contributed by atoms with Crippen molar-refractivity contribution < 1.29 is 27.5 Å². The summed E-state index contributed by atoms with van der Waals surface area (Å²) in [6, 6.07) is 14.4. The number of amides is 1. The molecule has 0 saturated carbocycles. The summed E-state index contributed by atoms with van der Waals surface area (Å²) >= 11 is 6.10. The van der Waals surface area contributed by atoms with Gasteiger partial charge in [0.05, 0.1) is 28.8 Å². The molecule has 0 atom stereocenters. The van der Waals surface area contributed by atoms with Crippen LogP contribution in [0.3, 0.4) is 0 Å². The number of carbonyl (C=O) groups is 2. The number of ether oxygens (including phenoxy) is 2. The van der Waals surface area contributed by atoms with Gasteiger partial charge in [0.15, 0.2) is 6.61 Å². The lowest BCUT2D eigenvalue weighted by atomic mass is 10.1. The van der Waals surface area contributed by atoms with E-state index in [0.717, 1.165) is 0 Å². The van der Waals surface area contributed by atoms with Crippen LogP contribution in [-0.2, 0) is 29.1 Å². The van der Waals surface area contributed by atoms with Crippen LogP contribution < -0.4 is 5.32 Å². The first-order valence-corrected chi connectivity index (χ1v) is 11.6. The van der Waals surface area contributed by atoms with Crippen molar-refractivity contribution >= 4 is 45.3 Å². The molecule has 0 spiro atoms. The van der Waals surface area contributed by atoms with Crippen molar-refractivity contribution in [2.45, 2.75) is 4.90 Å². The molecule has 1 heterocycles. The van der Waals surface area contributed by atoms with Crippen LogP contribution in [0, 0.1) is 11.3 Å². The van der Waals surface area contributed by atoms with E-state index in [1.165, 1.54) is 28.6 Å². The van der Waals surface area contributed by atoms with E-state index in [2.05, 4.69) is 5.32 Å². The topological polar surface area (TPSA) is 126 Å². The molecule has 2 aromatic carbocycles. The average molecular weight is 490 g/mol. The first-order valence-electron chi connectivity index (χ1n) is 9.82. The summed E-state index contributed by atoms with van der Waals surface area (Å²) in [5.41, 5.74) is 0.401. The highest BCUT2D eigenvalue weighted by atomic mass is 35.5. The molecule has 0 unspecified atom stereocenters. The highest BCUT2D eigenvalue weighted by Gasteiger charge is 2.27. The molecule has 1 fully saturated rings. The molecule has 1 aliphatic heterocycles. The van der Waals surface area contributed by atoms with E-state index in [4.69, 9.17) is 21.1 Å². The predicted molar refractivity (Wildman–Crippen MR) is 121 cm³/mol. The van der Waals surface area contributed by atoms with Crippen molar-refractivity contribution in [3.63, 3.8) is 0 Å². The van der Waals surface area contributed by atoms with E-state index in [0.29, 0.717) is 18.8 Å². The number of benzene rings is 2. The molecular formula is C22H20ClN3O6S. The van der Waals surface area contributed by atoms with E-state index >= 15 is 0 Å². The molecule has 1 saturated heterocycles. The number of rotatable bonds is 7. The van der Waals surface area contributed by atoms with Gasteiger partial charge in [-0.15, -0.1) is 0 Å². The lowest BCUT2D eigenvalue weighted by Gasteiger charge is -2.26. The lowest BCUT2D eigenvalue weighted by Crippen LogP contribution is -2.40.